The molecule has 1 heterocycles. The summed E-state index contributed by atoms with van der Waals surface area (Å²) in [7, 11) is 1.48. The van der Waals surface area contributed by atoms with Gasteiger partial charge in [-0.2, -0.15) is 26.3 Å². The highest BCUT2D eigenvalue weighted by atomic mass is 19.4. The van der Waals surface area contributed by atoms with Crippen LogP contribution in [0.1, 0.15) is 72.9 Å². The molecule has 234 valence electrons. The summed E-state index contributed by atoms with van der Waals surface area (Å²) in [6.45, 7) is 3.63. The van der Waals surface area contributed by atoms with E-state index in [1.54, 1.807) is 55.5 Å². The molecule has 0 saturated heterocycles. The zero-order chi connectivity index (χ0) is 32.2. The third-order valence-electron chi connectivity index (χ3n) is 7.29. The first-order valence-corrected chi connectivity index (χ1v) is 14.1. The van der Waals surface area contributed by atoms with Crippen molar-refractivity contribution in [3.05, 3.63) is 99.6 Å². The Bertz CT molecular complexity index is 1650. The van der Waals surface area contributed by atoms with Crippen LogP contribution in [0.15, 0.2) is 71.5 Å². The van der Waals surface area contributed by atoms with Crippen molar-refractivity contribution < 1.29 is 35.9 Å². The lowest BCUT2D eigenvalue weighted by molar-refractivity contribution is -0.143. The second-order valence-electron chi connectivity index (χ2n) is 10.2. The fourth-order valence-electron chi connectivity index (χ4n) is 5.07. The Morgan fingerprint density at radius 2 is 1.52 bits per heavy atom. The zero-order valence-electron chi connectivity index (χ0n) is 24.3. The van der Waals surface area contributed by atoms with E-state index in [0.29, 0.717) is 47.3 Å². The SMILES string of the molecule is CCCCCN(C(=O)c1cc(C(F)(F)F)cc(C(F)(F)F)c1)C(CC)c1nc2ccccc2c(=O)n1-c1ccc(OC)cc1. The minimum absolute atomic E-state index is 0.00802. The van der Waals surface area contributed by atoms with Gasteiger partial charge in [0.05, 0.1) is 40.9 Å². The first-order valence-electron chi connectivity index (χ1n) is 14.1. The van der Waals surface area contributed by atoms with Crippen molar-refractivity contribution in [1.29, 1.82) is 0 Å². The largest absolute Gasteiger partial charge is 0.497 e. The summed E-state index contributed by atoms with van der Waals surface area (Å²) in [4.78, 5) is 33.9. The number of rotatable bonds is 10. The average molecular weight is 620 g/mol. The number of amides is 1. The van der Waals surface area contributed by atoms with Crippen LogP contribution in [0.5, 0.6) is 5.75 Å². The zero-order valence-corrected chi connectivity index (χ0v) is 24.3. The predicted octanol–water partition coefficient (Wildman–Crippen LogP) is 8.22. The molecule has 6 nitrogen and oxygen atoms in total. The number of carbonyl (C=O) groups is 1. The number of halogens is 6. The van der Waals surface area contributed by atoms with Crippen molar-refractivity contribution in [1.82, 2.24) is 14.5 Å². The third-order valence-corrected chi connectivity index (χ3v) is 7.29. The lowest BCUT2D eigenvalue weighted by Crippen LogP contribution is -2.39. The second-order valence-corrected chi connectivity index (χ2v) is 10.2. The van der Waals surface area contributed by atoms with Gasteiger partial charge in [0.2, 0.25) is 0 Å². The van der Waals surface area contributed by atoms with Crippen molar-refractivity contribution >= 4 is 16.8 Å². The van der Waals surface area contributed by atoms with Crippen LogP contribution >= 0.6 is 0 Å². The number of hydrogen-bond acceptors (Lipinski definition) is 4. The van der Waals surface area contributed by atoms with Crippen molar-refractivity contribution in [2.75, 3.05) is 13.7 Å². The van der Waals surface area contributed by atoms with E-state index in [4.69, 9.17) is 9.72 Å². The van der Waals surface area contributed by atoms with E-state index < -0.39 is 46.6 Å². The molecular formula is C32H31F6N3O3. The van der Waals surface area contributed by atoms with Crippen LogP contribution in [0.4, 0.5) is 26.3 Å². The van der Waals surface area contributed by atoms with Crippen LogP contribution < -0.4 is 10.3 Å². The summed E-state index contributed by atoms with van der Waals surface area (Å²) in [5, 5.41) is 0.290. The minimum Gasteiger partial charge on any atom is -0.497 e. The molecule has 0 aliphatic carbocycles. The Kier molecular flexibility index (Phi) is 9.70. The highest BCUT2D eigenvalue weighted by Gasteiger charge is 2.39. The Morgan fingerprint density at radius 1 is 0.909 bits per heavy atom. The molecule has 0 aliphatic heterocycles. The molecule has 0 aliphatic rings. The maximum atomic E-state index is 14.0. The van der Waals surface area contributed by atoms with Gasteiger partial charge in [-0.1, -0.05) is 38.8 Å². The van der Waals surface area contributed by atoms with E-state index in [-0.39, 0.29) is 24.9 Å². The van der Waals surface area contributed by atoms with Crippen molar-refractivity contribution in [3.63, 3.8) is 0 Å². The molecule has 0 bridgehead atoms. The third kappa shape index (κ3) is 6.89. The highest BCUT2D eigenvalue weighted by molar-refractivity contribution is 5.95. The molecule has 44 heavy (non-hydrogen) atoms. The fraction of sp³-hybridized carbons (Fsp3) is 0.344. The Morgan fingerprint density at radius 3 is 2.07 bits per heavy atom. The summed E-state index contributed by atoms with van der Waals surface area (Å²) < 4.78 is 88.6. The van der Waals surface area contributed by atoms with Gasteiger partial charge in [0, 0.05) is 12.1 Å². The van der Waals surface area contributed by atoms with E-state index >= 15 is 0 Å². The number of benzene rings is 3. The van der Waals surface area contributed by atoms with Gasteiger partial charge in [-0.15, -0.1) is 0 Å². The number of para-hydroxylation sites is 1. The molecule has 4 aromatic rings. The van der Waals surface area contributed by atoms with E-state index in [9.17, 15) is 35.9 Å². The van der Waals surface area contributed by atoms with Crippen LogP contribution in [-0.2, 0) is 12.4 Å². The number of hydrogen-bond donors (Lipinski definition) is 0. The van der Waals surface area contributed by atoms with Gasteiger partial charge in [0.25, 0.3) is 11.5 Å². The van der Waals surface area contributed by atoms with Gasteiger partial charge in [-0.3, -0.25) is 14.2 Å². The molecule has 0 N–H and O–H groups in total. The fourth-order valence-corrected chi connectivity index (χ4v) is 5.07. The molecular weight excluding hydrogens is 588 g/mol. The van der Waals surface area contributed by atoms with E-state index in [1.165, 1.54) is 16.6 Å². The monoisotopic (exact) mass is 619 g/mol. The molecule has 3 aromatic carbocycles. The summed E-state index contributed by atoms with van der Waals surface area (Å²) in [5.41, 5.74) is -3.67. The quantitative estimate of drug-likeness (QED) is 0.133. The molecule has 12 heteroatoms. The van der Waals surface area contributed by atoms with Gasteiger partial charge in [-0.05, 0) is 67.4 Å². The predicted molar refractivity (Wildman–Crippen MR) is 154 cm³/mol. The molecule has 1 amide bonds. The van der Waals surface area contributed by atoms with Crippen LogP contribution in [0.2, 0.25) is 0 Å². The number of ether oxygens (including phenoxy) is 1. The summed E-state index contributed by atoms with van der Waals surface area (Å²) in [5.74, 6) is -0.395. The number of alkyl halides is 6. The van der Waals surface area contributed by atoms with Gasteiger partial charge < -0.3 is 9.64 Å². The van der Waals surface area contributed by atoms with Gasteiger partial charge in [-0.25, -0.2) is 4.98 Å². The standard InChI is InChI=1S/C32H31F6N3O3/c1-4-6-9-16-40(29(42)20-17-21(31(33,34)35)19-22(18-20)32(36,37)38)27(5-2)28-39-26-11-8-7-10-25(26)30(43)41(28)23-12-14-24(44-3)15-13-23/h7-8,10-15,17-19,27H,4-6,9,16H2,1-3H3. The number of fused-ring (bicyclic) bond motifs is 1. The normalized spacial score (nSPS) is 12.8. The van der Waals surface area contributed by atoms with Crippen molar-refractivity contribution in [2.45, 2.75) is 57.9 Å². The molecule has 0 fully saturated rings. The summed E-state index contributed by atoms with van der Waals surface area (Å²) >= 11 is 0. The lowest BCUT2D eigenvalue weighted by atomic mass is 10.0. The molecule has 1 atom stereocenters. The first kappa shape index (κ1) is 32.6. The maximum Gasteiger partial charge on any atom is 0.416 e. The van der Waals surface area contributed by atoms with Gasteiger partial charge in [0.15, 0.2) is 0 Å². The molecule has 0 radical (unpaired) electrons. The minimum atomic E-state index is -5.12. The van der Waals surface area contributed by atoms with Gasteiger partial charge in [0.1, 0.15) is 11.6 Å². The Labute approximate surface area is 249 Å². The van der Waals surface area contributed by atoms with Crippen LogP contribution in [0.25, 0.3) is 16.6 Å². The molecule has 0 spiro atoms. The lowest BCUT2D eigenvalue weighted by Gasteiger charge is -2.33. The number of aromatic nitrogens is 2. The van der Waals surface area contributed by atoms with Gasteiger partial charge >= 0.3 is 12.4 Å². The average Bonchev–Trinajstić information content (AvgIpc) is 2.99. The van der Waals surface area contributed by atoms with Crippen LogP contribution in [0.3, 0.4) is 0 Å². The van der Waals surface area contributed by atoms with E-state index in [0.717, 1.165) is 6.42 Å². The van der Waals surface area contributed by atoms with Crippen molar-refractivity contribution in [3.8, 4) is 11.4 Å². The molecule has 0 saturated carbocycles. The molecule has 1 unspecified atom stereocenters. The number of carbonyl (C=O) groups excluding carboxylic acids is 1. The maximum absolute atomic E-state index is 14.0. The Hall–Kier alpha value is -4.35. The van der Waals surface area contributed by atoms with Crippen LogP contribution in [0, 0.1) is 0 Å². The van der Waals surface area contributed by atoms with Crippen molar-refractivity contribution in [2.24, 2.45) is 0 Å². The summed E-state index contributed by atoms with van der Waals surface area (Å²) in [6.07, 6.45) is -8.28. The number of unbranched alkanes of at least 4 members (excludes halogenated alkanes) is 2. The number of methoxy groups -OCH3 is 1. The number of nitrogens with zero attached hydrogens (tertiary/aromatic N) is 3. The van der Waals surface area contributed by atoms with E-state index in [1.807, 2.05) is 6.92 Å². The first-order chi connectivity index (χ1) is 20.8. The summed E-state index contributed by atoms with van der Waals surface area (Å²) in [6, 6.07) is 13.0. The topological polar surface area (TPSA) is 64.4 Å². The second kappa shape index (κ2) is 13.1. The van der Waals surface area contributed by atoms with E-state index in [2.05, 4.69) is 0 Å². The Balaban J connectivity index is 1.96. The molecule has 4 rings (SSSR count). The smallest absolute Gasteiger partial charge is 0.416 e. The molecule has 1 aromatic heterocycles. The highest BCUT2D eigenvalue weighted by Crippen LogP contribution is 2.37. The van der Waals surface area contributed by atoms with Crippen LogP contribution in [-0.4, -0.2) is 34.0 Å².